The van der Waals surface area contributed by atoms with Crippen LogP contribution < -0.4 is 15.4 Å². The van der Waals surface area contributed by atoms with E-state index in [4.69, 9.17) is 4.74 Å². The van der Waals surface area contributed by atoms with Crippen LogP contribution in [-0.2, 0) is 4.79 Å². The monoisotopic (exact) mass is 290 g/mol. The molecule has 1 aromatic carbocycles. The first-order chi connectivity index (χ1) is 10.2. The third kappa shape index (κ3) is 4.86. The van der Waals surface area contributed by atoms with Crippen LogP contribution in [0, 0.1) is 0 Å². The number of hydrogen-bond donors (Lipinski definition) is 2. The number of methoxy groups -OCH3 is 1. The van der Waals surface area contributed by atoms with E-state index in [-0.39, 0.29) is 17.7 Å². The maximum atomic E-state index is 12.0. The molecule has 0 radical (unpaired) electrons. The van der Waals surface area contributed by atoms with Gasteiger partial charge in [-0.05, 0) is 43.7 Å². The summed E-state index contributed by atoms with van der Waals surface area (Å²) in [5.74, 6) is 0.829. The molecule has 1 fully saturated rings. The molecule has 0 spiro atoms. The molecule has 0 aromatic heterocycles. The van der Waals surface area contributed by atoms with Gasteiger partial charge in [-0.25, -0.2) is 0 Å². The van der Waals surface area contributed by atoms with E-state index in [2.05, 4.69) is 10.6 Å². The van der Waals surface area contributed by atoms with Crippen molar-refractivity contribution < 1.29 is 14.3 Å². The Morgan fingerprint density at radius 2 is 2.05 bits per heavy atom. The Hall–Kier alpha value is -1.88. The summed E-state index contributed by atoms with van der Waals surface area (Å²) in [6, 6.07) is 7.30. The fourth-order valence-electron chi connectivity index (χ4n) is 2.41. The largest absolute Gasteiger partial charge is 0.497 e. The number of amides is 1. The fraction of sp³-hybridized carbons (Fsp3) is 0.500. The first-order valence-corrected chi connectivity index (χ1v) is 7.36. The van der Waals surface area contributed by atoms with Gasteiger partial charge in [0.05, 0.1) is 7.11 Å². The molecule has 5 nitrogen and oxygen atoms in total. The van der Waals surface area contributed by atoms with E-state index in [0.717, 1.165) is 25.3 Å². The molecule has 1 aromatic rings. The molecule has 1 heterocycles. The Kier molecular flexibility index (Phi) is 5.75. The van der Waals surface area contributed by atoms with Gasteiger partial charge in [0.2, 0.25) is 5.91 Å². The van der Waals surface area contributed by atoms with Gasteiger partial charge in [0.25, 0.3) is 0 Å². The van der Waals surface area contributed by atoms with Gasteiger partial charge in [-0.15, -0.1) is 0 Å². The van der Waals surface area contributed by atoms with E-state index in [1.807, 2.05) is 0 Å². The van der Waals surface area contributed by atoms with E-state index in [1.165, 1.54) is 0 Å². The van der Waals surface area contributed by atoms with Crippen molar-refractivity contribution in [1.29, 1.82) is 0 Å². The first kappa shape index (κ1) is 15.5. The third-order valence-corrected chi connectivity index (χ3v) is 3.65. The highest BCUT2D eigenvalue weighted by molar-refractivity contribution is 5.96. The topological polar surface area (TPSA) is 67.4 Å². The van der Waals surface area contributed by atoms with Crippen molar-refractivity contribution in [1.82, 2.24) is 10.6 Å². The smallest absolute Gasteiger partial charge is 0.220 e. The van der Waals surface area contributed by atoms with E-state index < -0.39 is 0 Å². The highest BCUT2D eigenvalue weighted by Gasteiger charge is 2.16. The van der Waals surface area contributed by atoms with E-state index in [0.29, 0.717) is 24.8 Å². The lowest BCUT2D eigenvalue weighted by molar-refractivity contribution is -0.121. The van der Waals surface area contributed by atoms with Crippen molar-refractivity contribution in [2.75, 3.05) is 20.2 Å². The standard InChI is InChI=1S/C16H22N2O3/c1-21-14-7-5-12(6-8-14)15(19)3-2-4-16(20)18-13-9-10-17-11-13/h5-8,13,17H,2-4,9-11H2,1H3,(H,18,20). The van der Waals surface area contributed by atoms with Crippen molar-refractivity contribution in [2.24, 2.45) is 0 Å². The van der Waals surface area contributed by atoms with Gasteiger partial charge < -0.3 is 15.4 Å². The molecule has 1 saturated heterocycles. The van der Waals surface area contributed by atoms with Gasteiger partial charge >= 0.3 is 0 Å². The Balaban J connectivity index is 1.69. The summed E-state index contributed by atoms with van der Waals surface area (Å²) in [6.45, 7) is 1.80. The van der Waals surface area contributed by atoms with Crippen LogP contribution in [0.25, 0.3) is 0 Å². The van der Waals surface area contributed by atoms with Crippen molar-refractivity contribution >= 4 is 11.7 Å². The molecule has 5 heteroatoms. The van der Waals surface area contributed by atoms with Crippen LogP contribution in [0.3, 0.4) is 0 Å². The van der Waals surface area contributed by atoms with Crippen LogP contribution >= 0.6 is 0 Å². The summed E-state index contributed by atoms with van der Waals surface area (Å²) >= 11 is 0. The van der Waals surface area contributed by atoms with Crippen LogP contribution in [0.2, 0.25) is 0 Å². The van der Waals surface area contributed by atoms with Crippen LogP contribution in [0.15, 0.2) is 24.3 Å². The highest BCUT2D eigenvalue weighted by atomic mass is 16.5. The molecule has 1 aliphatic heterocycles. The summed E-state index contributed by atoms with van der Waals surface area (Å²) in [5.41, 5.74) is 0.663. The zero-order valence-electron chi connectivity index (χ0n) is 12.4. The molecule has 2 N–H and O–H groups in total. The number of benzene rings is 1. The highest BCUT2D eigenvalue weighted by Crippen LogP contribution is 2.13. The molecular formula is C16H22N2O3. The second-order valence-corrected chi connectivity index (χ2v) is 5.26. The van der Waals surface area contributed by atoms with Crippen LogP contribution in [0.5, 0.6) is 5.75 Å². The van der Waals surface area contributed by atoms with Gasteiger partial charge in [0.1, 0.15) is 5.75 Å². The van der Waals surface area contributed by atoms with Crippen molar-refractivity contribution in [3.05, 3.63) is 29.8 Å². The van der Waals surface area contributed by atoms with Gasteiger partial charge in [-0.1, -0.05) is 0 Å². The Labute approximate surface area is 125 Å². The molecule has 1 unspecified atom stereocenters. The summed E-state index contributed by atoms with van der Waals surface area (Å²) in [5, 5.41) is 6.18. The maximum absolute atomic E-state index is 12.0. The predicted molar refractivity (Wildman–Crippen MR) is 80.6 cm³/mol. The number of hydrogen-bond acceptors (Lipinski definition) is 4. The zero-order chi connectivity index (χ0) is 15.1. The minimum atomic E-state index is 0.0335. The van der Waals surface area contributed by atoms with Crippen molar-refractivity contribution in [2.45, 2.75) is 31.7 Å². The number of carbonyl (C=O) groups is 2. The lowest BCUT2D eigenvalue weighted by Crippen LogP contribution is -2.36. The molecule has 21 heavy (non-hydrogen) atoms. The summed E-state index contributed by atoms with van der Waals surface area (Å²) < 4.78 is 5.06. The second kappa shape index (κ2) is 7.78. The van der Waals surface area contributed by atoms with E-state index >= 15 is 0 Å². The van der Waals surface area contributed by atoms with Gasteiger partial charge in [-0.3, -0.25) is 9.59 Å². The fourth-order valence-corrected chi connectivity index (χ4v) is 2.41. The van der Waals surface area contributed by atoms with Crippen LogP contribution in [0.4, 0.5) is 0 Å². The zero-order valence-corrected chi connectivity index (χ0v) is 12.4. The average Bonchev–Trinajstić information content (AvgIpc) is 3.00. The Morgan fingerprint density at radius 1 is 1.29 bits per heavy atom. The van der Waals surface area contributed by atoms with Gasteiger partial charge in [-0.2, -0.15) is 0 Å². The minimum Gasteiger partial charge on any atom is -0.497 e. The molecule has 0 bridgehead atoms. The van der Waals surface area contributed by atoms with Crippen LogP contribution in [-0.4, -0.2) is 37.9 Å². The van der Waals surface area contributed by atoms with Crippen LogP contribution in [0.1, 0.15) is 36.0 Å². The summed E-state index contributed by atoms with van der Waals surface area (Å²) in [6.07, 6.45) is 2.36. The molecule has 2 rings (SSSR count). The first-order valence-electron chi connectivity index (χ1n) is 7.36. The average molecular weight is 290 g/mol. The molecule has 114 valence electrons. The normalized spacial score (nSPS) is 17.5. The van der Waals surface area contributed by atoms with Crippen molar-refractivity contribution in [3.8, 4) is 5.75 Å². The summed E-state index contributed by atoms with van der Waals surface area (Å²) in [7, 11) is 1.59. The maximum Gasteiger partial charge on any atom is 0.220 e. The lowest BCUT2D eigenvalue weighted by atomic mass is 10.1. The molecule has 0 aliphatic carbocycles. The molecular weight excluding hydrogens is 268 g/mol. The number of carbonyl (C=O) groups excluding carboxylic acids is 2. The number of Topliss-reactive ketones (excluding diaryl/α,β-unsaturated/α-hetero) is 1. The molecule has 1 aliphatic rings. The number of rotatable bonds is 7. The van der Waals surface area contributed by atoms with E-state index in [9.17, 15) is 9.59 Å². The number of nitrogens with one attached hydrogen (secondary N) is 2. The molecule has 1 atom stereocenters. The number of ether oxygens (including phenoxy) is 1. The quantitative estimate of drug-likeness (QED) is 0.747. The third-order valence-electron chi connectivity index (χ3n) is 3.65. The van der Waals surface area contributed by atoms with Gasteiger partial charge in [0, 0.05) is 31.0 Å². The molecule has 0 saturated carbocycles. The Morgan fingerprint density at radius 3 is 2.67 bits per heavy atom. The second-order valence-electron chi connectivity index (χ2n) is 5.26. The minimum absolute atomic E-state index is 0.0335. The Bertz CT molecular complexity index is 479. The SMILES string of the molecule is COc1ccc(C(=O)CCCC(=O)NC2CCNC2)cc1. The van der Waals surface area contributed by atoms with Gasteiger partial charge in [0.15, 0.2) is 5.78 Å². The van der Waals surface area contributed by atoms with Crippen molar-refractivity contribution in [3.63, 3.8) is 0 Å². The number of ketones is 1. The lowest BCUT2D eigenvalue weighted by Gasteiger charge is -2.10. The summed E-state index contributed by atoms with van der Waals surface area (Å²) in [4.78, 5) is 23.7. The predicted octanol–water partition coefficient (Wildman–Crippen LogP) is 1.53. The molecule has 1 amide bonds. The van der Waals surface area contributed by atoms with E-state index in [1.54, 1.807) is 31.4 Å².